The van der Waals surface area contributed by atoms with Crippen molar-refractivity contribution >= 4 is 5.78 Å². The van der Waals surface area contributed by atoms with Crippen LogP contribution in [0, 0.1) is 46.3 Å². The van der Waals surface area contributed by atoms with Crippen LogP contribution >= 0.6 is 0 Å². The van der Waals surface area contributed by atoms with Gasteiger partial charge in [-0.25, -0.2) is 0 Å². The fourth-order valence-corrected chi connectivity index (χ4v) is 13.3. The second-order valence-corrected chi connectivity index (χ2v) is 20.9. The molecule has 0 radical (unpaired) electrons. The summed E-state index contributed by atoms with van der Waals surface area (Å²) in [5.41, 5.74) is 0.155. The summed E-state index contributed by atoms with van der Waals surface area (Å²) in [4.78, 5) is 14.6. The van der Waals surface area contributed by atoms with Crippen LogP contribution < -0.4 is 0 Å². The van der Waals surface area contributed by atoms with Crippen molar-refractivity contribution < 1.29 is 99.2 Å². The summed E-state index contributed by atoms with van der Waals surface area (Å²) in [7, 11) is 0. The predicted octanol–water partition coefficient (Wildman–Crippen LogP) is -2.68. The molecule has 372 valence electrons. The molecule has 0 bridgehead atoms. The predicted molar refractivity (Wildman–Crippen MR) is 219 cm³/mol. The quantitative estimate of drug-likeness (QED) is 0.0838. The Morgan fingerprint density at radius 3 is 1.98 bits per heavy atom. The second kappa shape index (κ2) is 19.1. The Hall–Kier alpha value is -1.35. The Bertz CT molecular complexity index is 1700. The van der Waals surface area contributed by atoms with Crippen molar-refractivity contribution in [1.29, 1.82) is 0 Å². The van der Waals surface area contributed by atoms with Gasteiger partial charge in [-0.2, -0.15) is 0 Å². The highest BCUT2D eigenvalue weighted by atomic mass is 16.7. The minimum atomic E-state index is -1.78. The summed E-state index contributed by atoms with van der Waals surface area (Å²) in [5.74, 6) is -1.61. The number of hydrogen-bond acceptors (Lipinski definition) is 20. The van der Waals surface area contributed by atoms with Gasteiger partial charge in [0.15, 0.2) is 24.7 Å². The first kappa shape index (κ1) is 50.1. The monoisotopic (exact) mass is 932 g/mol. The van der Waals surface area contributed by atoms with Gasteiger partial charge in [-0.1, -0.05) is 39.3 Å². The maximum absolute atomic E-state index is 14.6. The van der Waals surface area contributed by atoms with E-state index in [0.29, 0.717) is 38.5 Å². The molecule has 0 aromatic heterocycles. The van der Waals surface area contributed by atoms with Crippen LogP contribution in [-0.2, 0) is 38.0 Å². The van der Waals surface area contributed by atoms with Crippen LogP contribution in [0.4, 0.5) is 0 Å². The summed E-state index contributed by atoms with van der Waals surface area (Å²) in [5, 5.41) is 125. The van der Waals surface area contributed by atoms with E-state index in [-0.39, 0.29) is 65.8 Å². The van der Waals surface area contributed by atoms with Gasteiger partial charge in [-0.3, -0.25) is 4.79 Å². The van der Waals surface area contributed by atoms with Gasteiger partial charge in [-0.15, -0.1) is 0 Å². The van der Waals surface area contributed by atoms with E-state index in [1.165, 1.54) is 0 Å². The van der Waals surface area contributed by atoms with Gasteiger partial charge in [-0.05, 0) is 67.6 Å². The zero-order valence-electron chi connectivity index (χ0n) is 37.5. The normalized spacial score (nSPS) is 53.7. The van der Waals surface area contributed by atoms with Crippen LogP contribution in [0.15, 0.2) is 11.6 Å². The van der Waals surface area contributed by atoms with E-state index in [0.717, 1.165) is 12.0 Å². The standard InChI is InChI=1S/C45H72O20/c1-18(17-59-40-36(55)33(52)31(50)26(14-46)61-40)7-10-45(58)19(2)30-25(65-45)12-24-22-6-5-20-11-21(8-9-43(20,3)23(22)13-29(49)44(24,30)4)60-41-38(57)35(54)39(28(16-48)63-41)64-42-37(56)34(53)32(51)27(15-47)62-42/h5,18-19,21-28,30-42,46-48,50-58H,6-17H2,1-4H3/t18-,19-,21-,22+,23-,24-,25-,26+,27+,28+,30-,31+,32+,33-,34-,35-,36+,37+,38+,39-,40+,41+,42-,43-,44+,45+/m0/s1. The van der Waals surface area contributed by atoms with E-state index in [2.05, 4.69) is 19.9 Å². The third kappa shape index (κ3) is 8.60. The van der Waals surface area contributed by atoms with Crippen LogP contribution in [0.25, 0.3) is 0 Å². The van der Waals surface area contributed by atoms with Crippen LogP contribution in [0.5, 0.6) is 0 Å². The molecule has 26 atom stereocenters. The lowest BCUT2D eigenvalue weighted by molar-refractivity contribution is -0.363. The number of aliphatic hydroxyl groups is 12. The molecule has 0 amide bonds. The Morgan fingerprint density at radius 2 is 1.34 bits per heavy atom. The lowest BCUT2D eigenvalue weighted by Gasteiger charge is -2.57. The Labute approximate surface area is 378 Å². The summed E-state index contributed by atoms with van der Waals surface area (Å²) >= 11 is 0. The van der Waals surface area contributed by atoms with Crippen molar-refractivity contribution in [2.24, 2.45) is 46.3 Å². The number of carbonyl (C=O) groups is 1. The van der Waals surface area contributed by atoms with Crippen LogP contribution in [0.2, 0.25) is 0 Å². The summed E-state index contributed by atoms with van der Waals surface area (Å²) in [6.45, 7) is 6.34. The number of Topliss-reactive ketones (excluding diaryl/α,β-unsaturated/α-hetero) is 1. The van der Waals surface area contributed by atoms with Crippen LogP contribution in [-0.4, -0.2) is 204 Å². The molecule has 4 heterocycles. The van der Waals surface area contributed by atoms with Crippen molar-refractivity contribution in [2.75, 3.05) is 26.4 Å². The molecule has 4 aliphatic carbocycles. The average Bonchev–Trinajstić information content (AvgIpc) is 3.73. The smallest absolute Gasteiger partial charge is 0.187 e. The Morgan fingerprint density at radius 1 is 0.754 bits per heavy atom. The van der Waals surface area contributed by atoms with Gasteiger partial charge in [0.2, 0.25) is 0 Å². The maximum Gasteiger partial charge on any atom is 0.187 e. The van der Waals surface area contributed by atoms with Crippen molar-refractivity contribution in [3.8, 4) is 0 Å². The van der Waals surface area contributed by atoms with E-state index in [1.54, 1.807) is 0 Å². The fourth-order valence-electron chi connectivity index (χ4n) is 13.3. The minimum Gasteiger partial charge on any atom is -0.394 e. The van der Waals surface area contributed by atoms with Crippen molar-refractivity contribution in [3.05, 3.63) is 11.6 Å². The Balaban J connectivity index is 0.869. The lowest BCUT2D eigenvalue weighted by atomic mass is 9.46. The number of hydrogen-bond donors (Lipinski definition) is 12. The molecule has 7 fully saturated rings. The third-order valence-electron chi connectivity index (χ3n) is 17.3. The number of fused-ring (bicyclic) bond motifs is 7. The SMILES string of the molecule is C[C@@H](CC[C@@]1(O)O[C@H]2C[C@H]3[C@@H]4CC=C5C[C@@H](O[C@@H]6O[C@H](CO)[C@H](O[C@@H]7O[C@H](CO)[C@@H](O)[C@H](O)[C@H]7O)[C@@H](O)[C@H]6O)CC[C@]5(C)[C@H]4CC(=O)[C@]3(C)[C@H]2[C@@H]1C)CO[C@@H]1O[C@H](CO)[C@@H](O)[C@H](O)[C@H]1O. The first-order chi connectivity index (χ1) is 30.7. The molecule has 20 nitrogen and oxygen atoms in total. The van der Waals surface area contributed by atoms with Gasteiger partial charge < -0.3 is 94.4 Å². The summed E-state index contributed by atoms with van der Waals surface area (Å²) < 4.78 is 41.1. The van der Waals surface area contributed by atoms with Crippen LogP contribution in [0.3, 0.4) is 0 Å². The largest absolute Gasteiger partial charge is 0.394 e. The molecule has 20 heteroatoms. The van der Waals surface area contributed by atoms with Gasteiger partial charge in [0.05, 0.1) is 38.6 Å². The van der Waals surface area contributed by atoms with Crippen molar-refractivity contribution in [3.63, 3.8) is 0 Å². The number of ketones is 1. The van der Waals surface area contributed by atoms with E-state index in [4.69, 9.17) is 33.2 Å². The third-order valence-corrected chi connectivity index (χ3v) is 17.3. The Kier molecular flexibility index (Phi) is 14.7. The summed E-state index contributed by atoms with van der Waals surface area (Å²) in [6, 6.07) is 0. The average molecular weight is 933 g/mol. The molecule has 12 N–H and O–H groups in total. The van der Waals surface area contributed by atoms with Gasteiger partial charge in [0, 0.05) is 30.1 Å². The molecular formula is C45H72O20. The van der Waals surface area contributed by atoms with Gasteiger partial charge >= 0.3 is 0 Å². The number of aliphatic hydroxyl groups excluding tert-OH is 11. The number of allylic oxidation sites excluding steroid dienone is 1. The molecule has 4 saturated heterocycles. The van der Waals surface area contributed by atoms with Crippen LogP contribution in [0.1, 0.15) is 79.1 Å². The molecule has 0 spiro atoms. The molecule has 8 aliphatic rings. The zero-order chi connectivity index (χ0) is 47.1. The zero-order valence-corrected chi connectivity index (χ0v) is 37.5. The molecule has 65 heavy (non-hydrogen) atoms. The van der Waals surface area contributed by atoms with E-state index in [9.17, 15) is 66.1 Å². The highest BCUT2D eigenvalue weighted by molar-refractivity contribution is 5.87. The topological polar surface area (TPSA) is 324 Å². The number of rotatable bonds is 13. The van der Waals surface area contributed by atoms with Gasteiger partial charge in [0.25, 0.3) is 0 Å². The van der Waals surface area contributed by atoms with E-state index < -0.39 is 129 Å². The molecule has 8 rings (SSSR count). The number of carbonyl (C=O) groups excluding carboxylic acids is 1. The highest BCUT2D eigenvalue weighted by Gasteiger charge is 2.71. The van der Waals surface area contributed by atoms with Crippen molar-refractivity contribution in [1.82, 2.24) is 0 Å². The van der Waals surface area contributed by atoms with Gasteiger partial charge in [0.1, 0.15) is 79.0 Å². The minimum absolute atomic E-state index is 0.0473. The first-order valence-electron chi connectivity index (χ1n) is 23.5. The molecular weight excluding hydrogens is 860 g/mol. The van der Waals surface area contributed by atoms with Crippen molar-refractivity contribution in [2.45, 2.75) is 189 Å². The molecule has 0 aromatic carbocycles. The number of ether oxygens (including phenoxy) is 7. The molecule has 0 aromatic rings. The first-order valence-corrected chi connectivity index (χ1v) is 23.5. The fraction of sp³-hybridized carbons (Fsp3) is 0.933. The van der Waals surface area contributed by atoms with E-state index in [1.807, 2.05) is 13.8 Å². The summed E-state index contributed by atoms with van der Waals surface area (Å²) in [6.07, 6.45) is -16.5. The highest BCUT2D eigenvalue weighted by Crippen LogP contribution is 2.69. The molecule has 3 saturated carbocycles. The molecule has 0 unspecified atom stereocenters. The van der Waals surface area contributed by atoms with E-state index >= 15 is 0 Å². The second-order valence-electron chi connectivity index (χ2n) is 20.9. The molecule has 4 aliphatic heterocycles. The maximum atomic E-state index is 14.6. The lowest BCUT2D eigenvalue weighted by Crippen LogP contribution is -2.65.